The molecule has 60 heavy (non-hydrogen) atoms. The second kappa shape index (κ2) is 14.2. The van der Waals surface area contributed by atoms with Gasteiger partial charge in [0.1, 0.15) is 76.4 Å². The second-order valence-corrected chi connectivity index (χ2v) is 15.1. The number of aromatic hydroxyl groups is 1. The first kappa shape index (κ1) is 38.0. The summed E-state index contributed by atoms with van der Waals surface area (Å²) >= 11 is 0. The lowest BCUT2D eigenvalue weighted by molar-refractivity contribution is 0.482. The molecule has 10 aromatic rings. The molecule has 10 rings (SSSR count). The van der Waals surface area contributed by atoms with Crippen molar-refractivity contribution >= 4 is 163 Å². The molecule has 0 saturated carbocycles. The number of nitrogens with zero attached hydrogens (tertiary/aromatic N) is 2. The maximum Gasteiger partial charge on any atom is 0.118 e. The highest BCUT2D eigenvalue weighted by Crippen LogP contribution is 2.41. The molecule has 1 N–H and O–H groups in total. The number of phenolic OH excluding ortho intramolecular Hbond substituents is 1. The Morgan fingerprint density at radius 3 is 1.35 bits per heavy atom. The SMILES string of the molecule is [B]c1c([B])c([B])c(-c2ccc(-n3c4ccccc4c4cc(-c5ccc6c(c5)c5ccccc5n6-c5ccccc5)ccc43)c(-c3c([B])c([B])c([B])c([B])c3O)c2)c([B])c1[B]. The van der Waals surface area contributed by atoms with Gasteiger partial charge in [0.05, 0.1) is 27.8 Å². The predicted octanol–water partition coefficient (Wildman–Crippen LogP) is 1.73. The highest BCUT2D eigenvalue weighted by Gasteiger charge is 2.23. The number of para-hydroxylation sites is 3. The molecule has 0 aliphatic carbocycles. The van der Waals surface area contributed by atoms with Crippen LogP contribution in [0.4, 0.5) is 0 Å². The topological polar surface area (TPSA) is 30.1 Å². The van der Waals surface area contributed by atoms with Crippen LogP contribution in [-0.4, -0.2) is 84.9 Å². The van der Waals surface area contributed by atoms with E-state index in [2.05, 4.69) is 100 Å². The summed E-state index contributed by atoms with van der Waals surface area (Å²) in [5.74, 6) is -0.332. The molecule has 0 aliphatic heterocycles. The van der Waals surface area contributed by atoms with Crippen LogP contribution in [0.25, 0.3) is 88.4 Å². The molecule has 12 heteroatoms. The fraction of sp³-hybridized carbons (Fsp3) is 0. The van der Waals surface area contributed by atoms with Crippen LogP contribution in [0.1, 0.15) is 0 Å². The minimum atomic E-state index is -0.332. The van der Waals surface area contributed by atoms with E-state index >= 15 is 0 Å². The summed E-state index contributed by atoms with van der Waals surface area (Å²) in [5, 5.41) is 16.0. The fourth-order valence-electron chi connectivity index (χ4n) is 8.75. The molecule has 0 saturated heterocycles. The van der Waals surface area contributed by atoms with Crippen LogP contribution in [0.3, 0.4) is 0 Å². The molecule has 0 atom stereocenters. The third-order valence-electron chi connectivity index (χ3n) is 11.8. The number of rotatable bonds is 5. The van der Waals surface area contributed by atoms with Gasteiger partial charge < -0.3 is 14.2 Å². The van der Waals surface area contributed by atoms with Gasteiger partial charge in [-0.15, -0.1) is 27.3 Å². The molecule has 0 aliphatic rings. The second-order valence-electron chi connectivity index (χ2n) is 15.1. The zero-order valence-electron chi connectivity index (χ0n) is 32.2. The summed E-state index contributed by atoms with van der Waals surface area (Å²) in [6, 6.07) is 45.6. The number of hydrogen-bond donors (Lipinski definition) is 1. The Kier molecular flexibility index (Phi) is 8.98. The van der Waals surface area contributed by atoms with Crippen molar-refractivity contribution < 1.29 is 5.11 Å². The van der Waals surface area contributed by atoms with E-state index in [-0.39, 0.29) is 60.5 Å². The van der Waals surface area contributed by atoms with Crippen LogP contribution in [0.2, 0.25) is 0 Å². The van der Waals surface area contributed by atoms with Gasteiger partial charge in [-0.1, -0.05) is 94.6 Å². The average molecular weight is 741 g/mol. The summed E-state index contributed by atoms with van der Waals surface area (Å²) in [5.41, 5.74) is 10.0. The first-order valence-electron chi connectivity index (χ1n) is 19.2. The van der Waals surface area contributed by atoms with Crippen molar-refractivity contribution in [1.29, 1.82) is 0 Å². The molecule has 8 aromatic carbocycles. The molecule has 2 heterocycles. The van der Waals surface area contributed by atoms with Gasteiger partial charge >= 0.3 is 0 Å². The van der Waals surface area contributed by atoms with Gasteiger partial charge in [-0.2, -0.15) is 0 Å². The quantitative estimate of drug-likeness (QED) is 0.268. The van der Waals surface area contributed by atoms with Crippen molar-refractivity contribution in [3.05, 3.63) is 133 Å². The Bertz CT molecular complexity index is 3390. The lowest BCUT2D eigenvalue weighted by Crippen LogP contribution is -2.55. The molecule has 0 fully saturated rings. The van der Waals surface area contributed by atoms with Crippen LogP contribution in [0.5, 0.6) is 5.75 Å². The van der Waals surface area contributed by atoms with E-state index in [1.165, 1.54) is 5.39 Å². The van der Waals surface area contributed by atoms with Gasteiger partial charge in [0, 0.05) is 38.4 Å². The molecule has 18 radical (unpaired) electrons. The van der Waals surface area contributed by atoms with Crippen molar-refractivity contribution in [3.8, 4) is 50.5 Å². The van der Waals surface area contributed by atoms with Gasteiger partial charge in [-0.05, 0) is 82.9 Å². The average Bonchev–Trinajstić information content (AvgIpc) is 3.79. The van der Waals surface area contributed by atoms with E-state index in [0.29, 0.717) is 22.4 Å². The minimum absolute atomic E-state index is 0.0220. The van der Waals surface area contributed by atoms with Crippen molar-refractivity contribution in [3.63, 3.8) is 0 Å². The zero-order valence-corrected chi connectivity index (χ0v) is 32.2. The van der Waals surface area contributed by atoms with Crippen LogP contribution in [0, 0.1) is 0 Å². The Hall–Kier alpha value is -6.26. The third-order valence-corrected chi connectivity index (χ3v) is 11.8. The molecule has 0 spiro atoms. The molecule has 0 amide bonds. The number of benzene rings is 8. The Labute approximate surface area is 359 Å². The van der Waals surface area contributed by atoms with Crippen molar-refractivity contribution in [2.45, 2.75) is 0 Å². The van der Waals surface area contributed by atoms with E-state index in [1.807, 2.05) is 36.4 Å². The molecule has 2 aromatic heterocycles. The van der Waals surface area contributed by atoms with E-state index in [4.69, 9.17) is 70.6 Å². The standard InChI is InChI=1S/C48H23B9N2O/c49-39-37(40(50)43(53)45(55)42(39)52)25-16-19-36(31(22-25)38-41(51)44(54)46(56)47(57)48(38)60)59-33-13-7-5-11-28(33)30-21-24(15-18-35(30)59)23-14-17-34-29(20-23)27-10-4-6-12-32(27)58(34)26-8-2-1-3-9-26/h1-22,60H. The molecule has 258 valence electrons. The zero-order chi connectivity index (χ0) is 41.7. The van der Waals surface area contributed by atoms with Crippen molar-refractivity contribution in [2.75, 3.05) is 0 Å². The van der Waals surface area contributed by atoms with Gasteiger partial charge in [-0.3, -0.25) is 0 Å². The van der Waals surface area contributed by atoms with E-state index in [1.54, 1.807) is 6.07 Å². The Balaban J connectivity index is 1.22. The summed E-state index contributed by atoms with van der Waals surface area (Å²) in [6.07, 6.45) is 0. The molecule has 0 unspecified atom stereocenters. The summed E-state index contributed by atoms with van der Waals surface area (Å²) in [4.78, 5) is 0. The maximum absolute atomic E-state index is 11.7. The molecular weight excluding hydrogens is 718 g/mol. The fourth-order valence-corrected chi connectivity index (χ4v) is 8.75. The predicted molar refractivity (Wildman–Crippen MR) is 262 cm³/mol. The molecule has 0 bridgehead atoms. The molecular formula is C48H23B9N2O. The first-order chi connectivity index (χ1) is 29.0. The van der Waals surface area contributed by atoms with Gasteiger partial charge in [0.25, 0.3) is 0 Å². The number of fused-ring (bicyclic) bond motifs is 6. The van der Waals surface area contributed by atoms with Crippen LogP contribution in [0.15, 0.2) is 133 Å². The monoisotopic (exact) mass is 742 g/mol. The largest absolute Gasteiger partial charge is 0.508 e. The molecule has 3 nitrogen and oxygen atoms in total. The number of hydrogen-bond acceptors (Lipinski definition) is 1. The van der Waals surface area contributed by atoms with E-state index in [0.717, 1.165) is 55.0 Å². The smallest absolute Gasteiger partial charge is 0.118 e. The maximum atomic E-state index is 11.7. The lowest BCUT2D eigenvalue weighted by Gasteiger charge is -2.25. The normalized spacial score (nSPS) is 11.7. The van der Waals surface area contributed by atoms with Crippen molar-refractivity contribution in [2.24, 2.45) is 0 Å². The summed E-state index contributed by atoms with van der Waals surface area (Å²) in [6.45, 7) is 0. The van der Waals surface area contributed by atoms with Gasteiger partial charge in [0.15, 0.2) is 0 Å². The van der Waals surface area contributed by atoms with Gasteiger partial charge in [-0.25, -0.2) is 0 Å². The van der Waals surface area contributed by atoms with Gasteiger partial charge in [0.2, 0.25) is 0 Å². The van der Waals surface area contributed by atoms with Crippen LogP contribution < -0.4 is 49.2 Å². The number of phenols is 1. The van der Waals surface area contributed by atoms with E-state index in [9.17, 15) is 5.11 Å². The van der Waals surface area contributed by atoms with Crippen molar-refractivity contribution in [1.82, 2.24) is 9.13 Å². The Morgan fingerprint density at radius 1 is 0.333 bits per heavy atom. The summed E-state index contributed by atoms with van der Waals surface area (Å²) < 4.78 is 4.42. The van der Waals surface area contributed by atoms with Crippen LogP contribution in [-0.2, 0) is 0 Å². The lowest BCUT2D eigenvalue weighted by atomic mass is 9.59. The third kappa shape index (κ3) is 5.56. The summed E-state index contributed by atoms with van der Waals surface area (Å²) in [7, 11) is 57.6. The highest BCUT2D eigenvalue weighted by molar-refractivity contribution is 6.69. The first-order valence-corrected chi connectivity index (χ1v) is 19.2. The number of aromatic nitrogens is 2. The Morgan fingerprint density at radius 2 is 0.767 bits per heavy atom. The highest BCUT2D eigenvalue weighted by atomic mass is 16.3. The minimum Gasteiger partial charge on any atom is -0.508 e. The van der Waals surface area contributed by atoms with Crippen LogP contribution >= 0.6 is 0 Å². The van der Waals surface area contributed by atoms with E-state index < -0.39 is 0 Å².